The zero-order valence-corrected chi connectivity index (χ0v) is 10.2. The van der Waals surface area contributed by atoms with Crippen molar-refractivity contribution in [3.8, 4) is 0 Å². The van der Waals surface area contributed by atoms with Crippen molar-refractivity contribution in [3.05, 3.63) is 0 Å². The van der Waals surface area contributed by atoms with E-state index in [4.69, 9.17) is 0 Å². The van der Waals surface area contributed by atoms with Gasteiger partial charge in [0.05, 0.1) is 0 Å². The van der Waals surface area contributed by atoms with Gasteiger partial charge in [-0.2, -0.15) is 11.8 Å². The van der Waals surface area contributed by atoms with E-state index in [0.29, 0.717) is 11.8 Å². The number of hydrogen-bond donors (Lipinski definition) is 0. The molecule has 0 aliphatic carbocycles. The van der Waals surface area contributed by atoms with E-state index in [1.807, 2.05) is 11.8 Å². The average molecular weight is 227 g/mol. The van der Waals surface area contributed by atoms with Gasteiger partial charge in [-0.15, -0.1) is 0 Å². The number of piperidine rings is 1. The molecule has 2 rings (SSSR count). The summed E-state index contributed by atoms with van der Waals surface area (Å²) in [6, 6.07) is 0. The van der Waals surface area contributed by atoms with Crippen molar-refractivity contribution in [2.24, 2.45) is 5.92 Å². The molecule has 3 heteroatoms. The number of thioether (sulfide) groups is 1. The first kappa shape index (κ1) is 11.3. The Morgan fingerprint density at radius 2 is 2.00 bits per heavy atom. The van der Waals surface area contributed by atoms with Crippen LogP contribution in [0.25, 0.3) is 0 Å². The second-order valence-corrected chi connectivity index (χ2v) is 5.88. The minimum atomic E-state index is 0.419. The Bertz CT molecular complexity index is 208. The molecule has 2 aliphatic heterocycles. The number of carbonyl (C=O) groups is 1. The molecule has 2 heterocycles. The van der Waals surface area contributed by atoms with Crippen LogP contribution in [0.3, 0.4) is 0 Å². The van der Waals surface area contributed by atoms with Gasteiger partial charge in [-0.25, -0.2) is 0 Å². The summed E-state index contributed by atoms with van der Waals surface area (Å²) in [4.78, 5) is 14.1. The summed E-state index contributed by atoms with van der Waals surface area (Å²) < 4.78 is 0. The van der Waals surface area contributed by atoms with Crippen LogP contribution in [0.15, 0.2) is 0 Å². The van der Waals surface area contributed by atoms with E-state index < -0.39 is 0 Å². The van der Waals surface area contributed by atoms with Gasteiger partial charge < -0.3 is 4.90 Å². The fourth-order valence-electron chi connectivity index (χ4n) is 2.49. The highest BCUT2D eigenvalue weighted by Gasteiger charge is 2.22. The van der Waals surface area contributed by atoms with Crippen molar-refractivity contribution in [1.82, 2.24) is 4.90 Å². The molecule has 0 N–H and O–H groups in total. The molecule has 86 valence electrons. The molecule has 0 bridgehead atoms. The van der Waals surface area contributed by atoms with Crippen LogP contribution in [-0.2, 0) is 4.79 Å². The molecular formula is C12H21NOS. The van der Waals surface area contributed by atoms with Crippen LogP contribution in [0.5, 0.6) is 0 Å². The molecule has 0 radical (unpaired) electrons. The van der Waals surface area contributed by atoms with E-state index in [1.165, 1.54) is 43.6 Å². The summed E-state index contributed by atoms with van der Waals surface area (Å²) >= 11 is 2.02. The van der Waals surface area contributed by atoms with Crippen molar-refractivity contribution in [2.75, 3.05) is 24.6 Å². The maximum absolute atomic E-state index is 12.0. The van der Waals surface area contributed by atoms with Gasteiger partial charge in [0, 0.05) is 19.5 Å². The number of amides is 1. The first-order valence-corrected chi connectivity index (χ1v) is 7.37. The molecule has 0 aromatic heterocycles. The van der Waals surface area contributed by atoms with Gasteiger partial charge in [-0.05, 0) is 49.5 Å². The number of carbonyl (C=O) groups excluding carboxylic acids is 1. The van der Waals surface area contributed by atoms with E-state index in [1.54, 1.807) is 0 Å². The van der Waals surface area contributed by atoms with E-state index in [9.17, 15) is 4.79 Å². The lowest BCUT2D eigenvalue weighted by Crippen LogP contribution is -2.37. The smallest absolute Gasteiger partial charge is 0.222 e. The summed E-state index contributed by atoms with van der Waals surface area (Å²) in [5.41, 5.74) is 0. The van der Waals surface area contributed by atoms with Crippen molar-refractivity contribution in [1.29, 1.82) is 0 Å². The lowest BCUT2D eigenvalue weighted by molar-refractivity contribution is -0.133. The van der Waals surface area contributed by atoms with Gasteiger partial charge in [0.1, 0.15) is 0 Å². The second kappa shape index (κ2) is 5.78. The predicted molar refractivity (Wildman–Crippen MR) is 65.1 cm³/mol. The molecule has 0 spiro atoms. The maximum Gasteiger partial charge on any atom is 0.222 e. The fraction of sp³-hybridized carbons (Fsp3) is 0.917. The topological polar surface area (TPSA) is 20.3 Å². The van der Waals surface area contributed by atoms with Crippen molar-refractivity contribution in [3.63, 3.8) is 0 Å². The van der Waals surface area contributed by atoms with Crippen molar-refractivity contribution < 1.29 is 4.79 Å². The molecule has 2 fully saturated rings. The molecule has 1 atom stereocenters. The number of likely N-dealkylation sites (tertiary alicyclic amines) is 1. The van der Waals surface area contributed by atoms with Gasteiger partial charge >= 0.3 is 0 Å². The third kappa shape index (κ3) is 3.40. The quantitative estimate of drug-likeness (QED) is 0.722. The third-order valence-electron chi connectivity index (χ3n) is 3.43. The summed E-state index contributed by atoms with van der Waals surface area (Å²) in [6.45, 7) is 2.03. The summed E-state index contributed by atoms with van der Waals surface area (Å²) in [6.07, 6.45) is 7.13. The van der Waals surface area contributed by atoms with Crippen LogP contribution in [0.4, 0.5) is 0 Å². The summed E-state index contributed by atoms with van der Waals surface area (Å²) in [5.74, 6) is 3.59. The minimum Gasteiger partial charge on any atom is -0.343 e. The van der Waals surface area contributed by atoms with Crippen LogP contribution >= 0.6 is 11.8 Å². The largest absolute Gasteiger partial charge is 0.343 e. The van der Waals surface area contributed by atoms with E-state index >= 15 is 0 Å². The zero-order chi connectivity index (χ0) is 10.5. The van der Waals surface area contributed by atoms with Crippen LogP contribution in [0, 0.1) is 5.92 Å². The standard InChI is InChI=1S/C12H21NOS/c14-12(13-6-2-1-3-7-13)9-11-5-4-8-15-10-11/h11H,1-10H2. The fourth-order valence-corrected chi connectivity index (χ4v) is 3.64. The molecule has 2 nitrogen and oxygen atoms in total. The first-order chi connectivity index (χ1) is 7.36. The van der Waals surface area contributed by atoms with Gasteiger partial charge in [-0.3, -0.25) is 4.79 Å². The van der Waals surface area contributed by atoms with Gasteiger partial charge in [0.15, 0.2) is 0 Å². The lowest BCUT2D eigenvalue weighted by atomic mass is 10.00. The molecule has 0 aromatic carbocycles. The van der Waals surface area contributed by atoms with Gasteiger partial charge in [0.2, 0.25) is 5.91 Å². The highest BCUT2D eigenvalue weighted by atomic mass is 32.2. The van der Waals surface area contributed by atoms with Crippen LogP contribution in [0.2, 0.25) is 0 Å². The first-order valence-electron chi connectivity index (χ1n) is 6.22. The van der Waals surface area contributed by atoms with E-state index in [0.717, 1.165) is 19.5 Å². The lowest BCUT2D eigenvalue weighted by Gasteiger charge is -2.29. The monoisotopic (exact) mass is 227 g/mol. The maximum atomic E-state index is 12.0. The number of nitrogens with zero attached hydrogens (tertiary/aromatic N) is 1. The van der Waals surface area contributed by atoms with Crippen LogP contribution < -0.4 is 0 Å². The Labute approximate surface area is 96.8 Å². The normalized spacial score (nSPS) is 27.7. The molecular weight excluding hydrogens is 206 g/mol. The number of hydrogen-bond acceptors (Lipinski definition) is 2. The Hall–Kier alpha value is -0.180. The molecule has 2 saturated heterocycles. The van der Waals surface area contributed by atoms with Crippen molar-refractivity contribution in [2.45, 2.75) is 38.5 Å². The average Bonchev–Trinajstić information content (AvgIpc) is 2.31. The van der Waals surface area contributed by atoms with Crippen LogP contribution in [0.1, 0.15) is 38.5 Å². The van der Waals surface area contributed by atoms with Gasteiger partial charge in [-0.1, -0.05) is 0 Å². The van der Waals surface area contributed by atoms with Gasteiger partial charge in [0.25, 0.3) is 0 Å². The van der Waals surface area contributed by atoms with E-state index in [2.05, 4.69) is 4.90 Å². The molecule has 1 amide bonds. The Morgan fingerprint density at radius 3 is 2.67 bits per heavy atom. The SMILES string of the molecule is O=C(CC1CCCSC1)N1CCCCC1. The molecule has 1 unspecified atom stereocenters. The molecule has 0 saturated carbocycles. The van der Waals surface area contributed by atoms with Crippen molar-refractivity contribution >= 4 is 17.7 Å². The highest BCUT2D eigenvalue weighted by Crippen LogP contribution is 2.26. The van der Waals surface area contributed by atoms with Crippen LogP contribution in [-0.4, -0.2) is 35.4 Å². The van der Waals surface area contributed by atoms with E-state index in [-0.39, 0.29) is 0 Å². The molecule has 0 aromatic rings. The highest BCUT2D eigenvalue weighted by molar-refractivity contribution is 7.99. The minimum absolute atomic E-state index is 0.419. The predicted octanol–water partition coefficient (Wildman–Crippen LogP) is 2.53. The zero-order valence-electron chi connectivity index (χ0n) is 9.41. The summed E-state index contributed by atoms with van der Waals surface area (Å²) in [5, 5.41) is 0. The second-order valence-electron chi connectivity index (χ2n) is 4.73. The molecule has 2 aliphatic rings. The summed E-state index contributed by atoms with van der Waals surface area (Å²) in [7, 11) is 0. The number of rotatable bonds is 2. The Morgan fingerprint density at radius 1 is 1.20 bits per heavy atom. The third-order valence-corrected chi connectivity index (χ3v) is 4.71. The molecule has 15 heavy (non-hydrogen) atoms. The Kier molecular flexibility index (Phi) is 4.36. The Balaban J connectivity index is 1.74.